The van der Waals surface area contributed by atoms with Crippen LogP contribution in [0.5, 0.6) is 0 Å². The van der Waals surface area contributed by atoms with Crippen LogP contribution in [-0.2, 0) is 0 Å². The maximum Gasteiger partial charge on any atom is 0.0406 e. The monoisotopic (exact) mass is 255 g/mol. The minimum Gasteiger partial charge on any atom is -0.317 e. The highest BCUT2D eigenvalue weighted by atomic mass is 35.5. The summed E-state index contributed by atoms with van der Waals surface area (Å²) in [5, 5.41) is 4.97. The van der Waals surface area contributed by atoms with Crippen LogP contribution in [0.25, 0.3) is 0 Å². The summed E-state index contributed by atoms with van der Waals surface area (Å²) in [6, 6.07) is 8.93. The molecule has 0 amide bonds. The van der Waals surface area contributed by atoms with Crippen LogP contribution in [-0.4, -0.2) is 18.3 Å². The molecule has 1 aromatic carbocycles. The molecule has 0 radical (unpaired) electrons. The molecule has 0 aliphatic heterocycles. The summed E-state index contributed by atoms with van der Waals surface area (Å²) in [6.07, 6.45) is 5.25. The fourth-order valence-corrected chi connectivity index (χ4v) is 3.49. The van der Waals surface area contributed by atoms with Gasteiger partial charge in [-0.25, -0.2) is 0 Å². The van der Waals surface area contributed by atoms with Crippen molar-refractivity contribution < 1.29 is 0 Å². The first-order valence-electron chi connectivity index (χ1n) is 5.87. The molecule has 0 heterocycles. The molecular formula is C13H18ClNS. The predicted octanol–water partition coefficient (Wildman–Crippen LogP) is 3.96. The Morgan fingerprint density at radius 3 is 2.31 bits per heavy atom. The average molecular weight is 256 g/mol. The molecule has 0 bridgehead atoms. The number of hydrogen-bond acceptors (Lipinski definition) is 2. The second-order valence-corrected chi connectivity index (χ2v) is 6.14. The molecule has 1 nitrogen and oxygen atoms in total. The lowest BCUT2D eigenvalue weighted by molar-refractivity contribution is 0.401. The standard InChI is InChI=1S/C13H18ClNS/c1-15-11-4-8-13(9-5-11)16-12-6-2-10(14)3-7-12/h2-3,6-7,11,13,15H,4-5,8-9H2,1H3. The van der Waals surface area contributed by atoms with Crippen LogP contribution in [0.3, 0.4) is 0 Å². The Balaban J connectivity index is 1.84. The number of benzene rings is 1. The molecule has 1 fully saturated rings. The zero-order valence-corrected chi connectivity index (χ0v) is 11.2. The predicted molar refractivity (Wildman–Crippen MR) is 72.4 cm³/mol. The Morgan fingerprint density at radius 1 is 1.12 bits per heavy atom. The van der Waals surface area contributed by atoms with Gasteiger partial charge in [-0.05, 0) is 57.0 Å². The molecule has 1 aromatic rings. The maximum atomic E-state index is 5.87. The van der Waals surface area contributed by atoms with Crippen molar-refractivity contribution in [3.8, 4) is 0 Å². The third-order valence-corrected chi connectivity index (χ3v) is 4.80. The van der Waals surface area contributed by atoms with Crippen LogP contribution >= 0.6 is 23.4 Å². The van der Waals surface area contributed by atoms with E-state index in [1.807, 2.05) is 23.9 Å². The topological polar surface area (TPSA) is 12.0 Å². The first-order chi connectivity index (χ1) is 7.78. The zero-order chi connectivity index (χ0) is 11.4. The third kappa shape index (κ3) is 3.41. The molecular weight excluding hydrogens is 238 g/mol. The van der Waals surface area contributed by atoms with Crippen molar-refractivity contribution in [3.05, 3.63) is 29.3 Å². The molecule has 1 aliphatic carbocycles. The van der Waals surface area contributed by atoms with Gasteiger partial charge in [-0.15, -0.1) is 11.8 Å². The molecule has 3 heteroatoms. The molecule has 0 saturated heterocycles. The van der Waals surface area contributed by atoms with E-state index < -0.39 is 0 Å². The molecule has 16 heavy (non-hydrogen) atoms. The summed E-state index contributed by atoms with van der Waals surface area (Å²) >= 11 is 7.87. The lowest BCUT2D eigenvalue weighted by Gasteiger charge is -2.27. The number of hydrogen-bond donors (Lipinski definition) is 1. The highest BCUT2D eigenvalue weighted by Gasteiger charge is 2.20. The lowest BCUT2D eigenvalue weighted by Crippen LogP contribution is -2.30. The number of thioether (sulfide) groups is 1. The summed E-state index contributed by atoms with van der Waals surface area (Å²) in [6.45, 7) is 0. The van der Waals surface area contributed by atoms with Gasteiger partial charge in [-0.3, -0.25) is 0 Å². The van der Waals surface area contributed by atoms with Crippen molar-refractivity contribution in [2.75, 3.05) is 7.05 Å². The van der Waals surface area contributed by atoms with Gasteiger partial charge in [-0.2, -0.15) is 0 Å². The largest absolute Gasteiger partial charge is 0.317 e. The van der Waals surface area contributed by atoms with E-state index in [-0.39, 0.29) is 0 Å². The number of nitrogens with one attached hydrogen (secondary N) is 1. The van der Waals surface area contributed by atoms with Crippen LogP contribution in [0.4, 0.5) is 0 Å². The van der Waals surface area contributed by atoms with Gasteiger partial charge >= 0.3 is 0 Å². The van der Waals surface area contributed by atoms with Crippen LogP contribution in [0, 0.1) is 0 Å². The minimum atomic E-state index is 0.738. The summed E-state index contributed by atoms with van der Waals surface area (Å²) < 4.78 is 0. The van der Waals surface area contributed by atoms with E-state index in [4.69, 9.17) is 11.6 Å². The van der Waals surface area contributed by atoms with Gasteiger partial charge in [0.2, 0.25) is 0 Å². The quantitative estimate of drug-likeness (QED) is 0.877. The molecule has 0 aromatic heterocycles. The third-order valence-electron chi connectivity index (χ3n) is 3.20. The fraction of sp³-hybridized carbons (Fsp3) is 0.538. The Labute approximate surface area is 107 Å². The van der Waals surface area contributed by atoms with Crippen molar-refractivity contribution >= 4 is 23.4 Å². The number of halogens is 1. The Hall–Kier alpha value is -0.180. The molecule has 88 valence electrons. The molecule has 1 N–H and O–H groups in total. The molecule has 1 aliphatic rings. The Kier molecular flexibility index (Phi) is 4.56. The highest BCUT2D eigenvalue weighted by molar-refractivity contribution is 8.00. The summed E-state index contributed by atoms with van der Waals surface area (Å²) in [4.78, 5) is 1.34. The zero-order valence-electron chi connectivity index (χ0n) is 9.58. The number of rotatable bonds is 3. The van der Waals surface area contributed by atoms with Crippen molar-refractivity contribution in [1.29, 1.82) is 0 Å². The first-order valence-corrected chi connectivity index (χ1v) is 7.13. The SMILES string of the molecule is CNC1CCC(Sc2ccc(Cl)cc2)CC1. The van der Waals surface area contributed by atoms with E-state index in [1.54, 1.807) is 0 Å². The van der Waals surface area contributed by atoms with E-state index >= 15 is 0 Å². The van der Waals surface area contributed by atoms with E-state index in [9.17, 15) is 0 Å². The second kappa shape index (κ2) is 5.95. The molecule has 2 rings (SSSR count). The van der Waals surface area contributed by atoms with Crippen molar-refractivity contribution in [2.45, 2.75) is 41.9 Å². The summed E-state index contributed by atoms with van der Waals surface area (Å²) in [5.74, 6) is 0. The molecule has 0 spiro atoms. The smallest absolute Gasteiger partial charge is 0.0406 e. The van der Waals surface area contributed by atoms with E-state index in [1.165, 1.54) is 30.6 Å². The highest BCUT2D eigenvalue weighted by Crippen LogP contribution is 2.33. The van der Waals surface area contributed by atoms with Gasteiger partial charge in [-0.1, -0.05) is 11.6 Å². The van der Waals surface area contributed by atoms with Crippen LogP contribution in [0.1, 0.15) is 25.7 Å². The van der Waals surface area contributed by atoms with E-state index in [0.29, 0.717) is 0 Å². The van der Waals surface area contributed by atoms with Crippen molar-refractivity contribution in [3.63, 3.8) is 0 Å². The minimum absolute atomic E-state index is 0.738. The second-order valence-electron chi connectivity index (χ2n) is 4.33. The van der Waals surface area contributed by atoms with Gasteiger partial charge < -0.3 is 5.32 Å². The summed E-state index contributed by atoms with van der Waals surface area (Å²) in [5.41, 5.74) is 0. The van der Waals surface area contributed by atoms with Gasteiger partial charge in [0.25, 0.3) is 0 Å². The molecule has 1 saturated carbocycles. The van der Waals surface area contributed by atoms with Crippen LogP contribution in [0.15, 0.2) is 29.2 Å². The van der Waals surface area contributed by atoms with Gasteiger partial charge in [0.05, 0.1) is 0 Å². The fourth-order valence-electron chi connectivity index (χ4n) is 2.17. The van der Waals surface area contributed by atoms with Crippen LogP contribution in [0.2, 0.25) is 5.02 Å². The van der Waals surface area contributed by atoms with Crippen molar-refractivity contribution in [2.24, 2.45) is 0 Å². The van der Waals surface area contributed by atoms with E-state index in [0.717, 1.165) is 16.3 Å². The van der Waals surface area contributed by atoms with Gasteiger partial charge in [0, 0.05) is 21.2 Å². The maximum absolute atomic E-state index is 5.87. The summed E-state index contributed by atoms with van der Waals surface area (Å²) in [7, 11) is 2.07. The van der Waals surface area contributed by atoms with E-state index in [2.05, 4.69) is 24.5 Å². The van der Waals surface area contributed by atoms with Crippen LogP contribution < -0.4 is 5.32 Å². The van der Waals surface area contributed by atoms with Gasteiger partial charge in [0.15, 0.2) is 0 Å². The Bertz CT molecular complexity index is 317. The van der Waals surface area contributed by atoms with Gasteiger partial charge in [0.1, 0.15) is 0 Å². The molecule has 0 unspecified atom stereocenters. The lowest BCUT2D eigenvalue weighted by atomic mass is 9.95. The molecule has 0 atom stereocenters. The van der Waals surface area contributed by atoms with Crippen molar-refractivity contribution in [1.82, 2.24) is 5.32 Å². The first kappa shape index (κ1) is 12.3. The average Bonchev–Trinajstić information content (AvgIpc) is 2.33. The Morgan fingerprint density at radius 2 is 1.75 bits per heavy atom. The normalized spacial score (nSPS) is 25.6.